The molecule has 0 aliphatic carbocycles. The van der Waals surface area contributed by atoms with Crippen LogP contribution in [-0.2, 0) is 6.61 Å². The lowest BCUT2D eigenvalue weighted by Gasteiger charge is -2.06. The van der Waals surface area contributed by atoms with Crippen LogP contribution in [0.4, 0.5) is 0 Å². The molecule has 0 aliphatic rings. The molecule has 2 rings (SSSR count). The summed E-state index contributed by atoms with van der Waals surface area (Å²) in [4.78, 5) is 4.10. The molecule has 0 bridgehead atoms. The van der Waals surface area contributed by atoms with Crippen LogP contribution in [0, 0.1) is 12.3 Å². The van der Waals surface area contributed by atoms with Crippen LogP contribution in [0.25, 0.3) is 0 Å². The Morgan fingerprint density at radius 1 is 1.12 bits per heavy atom. The van der Waals surface area contributed by atoms with Crippen molar-refractivity contribution in [2.24, 2.45) is 0 Å². The fraction of sp³-hybridized carbons (Fsp3) is 0.0714. The van der Waals surface area contributed by atoms with Gasteiger partial charge in [-0.2, -0.15) is 0 Å². The maximum atomic E-state index is 5.56. The van der Waals surface area contributed by atoms with Crippen LogP contribution in [0.1, 0.15) is 11.1 Å². The van der Waals surface area contributed by atoms with Gasteiger partial charge in [-0.05, 0) is 17.7 Å². The molecule has 1 heterocycles. The maximum Gasteiger partial charge on any atom is 0.229 e. The zero-order valence-corrected chi connectivity index (χ0v) is 8.76. The number of hydrogen-bond donors (Lipinski definition) is 0. The average Bonchev–Trinajstić information content (AvgIpc) is 2.38. The summed E-state index contributed by atoms with van der Waals surface area (Å²) < 4.78 is 5.56. The minimum absolute atomic E-state index is 0.479. The number of nitrogens with zero attached hydrogens (tertiary/aromatic N) is 1. The minimum Gasteiger partial charge on any atom is -0.472 e. The fourth-order valence-corrected chi connectivity index (χ4v) is 1.34. The predicted molar refractivity (Wildman–Crippen MR) is 62.9 cm³/mol. The summed E-state index contributed by atoms with van der Waals surface area (Å²) >= 11 is 0. The van der Waals surface area contributed by atoms with E-state index < -0.39 is 0 Å². The summed E-state index contributed by atoms with van der Waals surface area (Å²) in [6.07, 6.45) is 7.02. The first-order valence-electron chi connectivity index (χ1n) is 4.98. The highest BCUT2D eigenvalue weighted by molar-refractivity contribution is 5.39. The van der Waals surface area contributed by atoms with Crippen molar-refractivity contribution in [2.75, 3.05) is 0 Å². The zero-order chi connectivity index (χ0) is 11.2. The van der Waals surface area contributed by atoms with Crippen molar-refractivity contribution >= 4 is 0 Å². The lowest BCUT2D eigenvalue weighted by molar-refractivity contribution is 0.293. The SMILES string of the molecule is C#Cc1cccnc1OCc1ccccc1. The highest BCUT2D eigenvalue weighted by Gasteiger charge is 2.01. The quantitative estimate of drug-likeness (QED) is 0.725. The number of terminal acetylenes is 1. The molecule has 2 aromatic rings. The van der Waals surface area contributed by atoms with E-state index in [1.54, 1.807) is 12.3 Å². The minimum atomic E-state index is 0.479. The Kier molecular flexibility index (Phi) is 3.20. The third-order valence-electron chi connectivity index (χ3n) is 2.15. The Bertz CT molecular complexity index is 500. The van der Waals surface area contributed by atoms with Crippen molar-refractivity contribution in [3.8, 4) is 18.2 Å². The summed E-state index contributed by atoms with van der Waals surface area (Å²) in [7, 11) is 0. The van der Waals surface area contributed by atoms with E-state index in [0.29, 0.717) is 18.1 Å². The number of rotatable bonds is 3. The molecule has 2 nitrogen and oxygen atoms in total. The molecule has 1 aromatic heterocycles. The van der Waals surface area contributed by atoms with Gasteiger partial charge >= 0.3 is 0 Å². The molecule has 0 saturated carbocycles. The summed E-state index contributed by atoms with van der Waals surface area (Å²) in [6, 6.07) is 13.5. The standard InChI is InChI=1S/C14H11NO/c1-2-13-9-6-10-15-14(13)16-11-12-7-4-3-5-8-12/h1,3-10H,11H2. The Morgan fingerprint density at radius 3 is 2.69 bits per heavy atom. The van der Waals surface area contributed by atoms with Crippen molar-refractivity contribution in [1.82, 2.24) is 4.98 Å². The second kappa shape index (κ2) is 4.99. The van der Waals surface area contributed by atoms with E-state index in [4.69, 9.17) is 11.2 Å². The largest absolute Gasteiger partial charge is 0.472 e. The van der Waals surface area contributed by atoms with Crippen molar-refractivity contribution in [1.29, 1.82) is 0 Å². The number of ether oxygens (including phenoxy) is 1. The van der Waals surface area contributed by atoms with E-state index in [-0.39, 0.29) is 0 Å². The van der Waals surface area contributed by atoms with Crippen LogP contribution in [0.2, 0.25) is 0 Å². The Balaban J connectivity index is 2.09. The molecule has 0 aliphatic heterocycles. The van der Waals surface area contributed by atoms with Gasteiger partial charge in [0.05, 0.1) is 5.56 Å². The molecule has 1 aromatic carbocycles. The second-order valence-electron chi connectivity index (χ2n) is 3.27. The maximum absolute atomic E-state index is 5.56. The highest BCUT2D eigenvalue weighted by Crippen LogP contribution is 2.14. The van der Waals surface area contributed by atoms with E-state index in [1.165, 1.54) is 0 Å². The summed E-state index contributed by atoms with van der Waals surface area (Å²) in [5.41, 5.74) is 1.77. The Morgan fingerprint density at radius 2 is 1.94 bits per heavy atom. The van der Waals surface area contributed by atoms with Gasteiger partial charge in [0, 0.05) is 6.20 Å². The van der Waals surface area contributed by atoms with Crippen LogP contribution in [0.3, 0.4) is 0 Å². The molecule has 0 unspecified atom stereocenters. The molecule has 0 spiro atoms. The molecular weight excluding hydrogens is 198 g/mol. The molecule has 2 heteroatoms. The number of benzene rings is 1. The lowest BCUT2D eigenvalue weighted by Crippen LogP contribution is -1.98. The van der Waals surface area contributed by atoms with Crippen LogP contribution in [0.5, 0.6) is 5.88 Å². The van der Waals surface area contributed by atoms with Gasteiger partial charge in [-0.3, -0.25) is 0 Å². The van der Waals surface area contributed by atoms with Crippen LogP contribution in [-0.4, -0.2) is 4.98 Å². The van der Waals surface area contributed by atoms with Crippen molar-refractivity contribution < 1.29 is 4.74 Å². The first-order chi connectivity index (χ1) is 7.90. The van der Waals surface area contributed by atoms with Gasteiger partial charge in [0.2, 0.25) is 5.88 Å². The molecule has 0 saturated heterocycles. The van der Waals surface area contributed by atoms with E-state index in [1.807, 2.05) is 36.4 Å². The third-order valence-corrected chi connectivity index (χ3v) is 2.15. The normalized spacial score (nSPS) is 9.44. The average molecular weight is 209 g/mol. The molecule has 0 amide bonds. The van der Waals surface area contributed by atoms with Crippen molar-refractivity contribution in [3.63, 3.8) is 0 Å². The zero-order valence-electron chi connectivity index (χ0n) is 8.76. The summed E-state index contributed by atoms with van der Waals surface area (Å²) in [5.74, 6) is 3.05. The molecule has 16 heavy (non-hydrogen) atoms. The molecule has 78 valence electrons. The Labute approximate surface area is 94.9 Å². The monoisotopic (exact) mass is 209 g/mol. The Hall–Kier alpha value is -2.27. The second-order valence-corrected chi connectivity index (χ2v) is 3.27. The lowest BCUT2D eigenvalue weighted by atomic mass is 10.2. The van der Waals surface area contributed by atoms with Gasteiger partial charge < -0.3 is 4.74 Å². The molecular formula is C14H11NO. The molecule has 0 fully saturated rings. The fourth-order valence-electron chi connectivity index (χ4n) is 1.34. The summed E-state index contributed by atoms with van der Waals surface area (Å²) in [5, 5.41) is 0. The number of aromatic nitrogens is 1. The predicted octanol–water partition coefficient (Wildman–Crippen LogP) is 2.64. The first kappa shape index (κ1) is 10.3. The van der Waals surface area contributed by atoms with Crippen LogP contribution < -0.4 is 4.74 Å². The van der Waals surface area contributed by atoms with E-state index in [9.17, 15) is 0 Å². The number of hydrogen-bond acceptors (Lipinski definition) is 2. The van der Waals surface area contributed by atoms with Gasteiger partial charge in [-0.1, -0.05) is 36.3 Å². The van der Waals surface area contributed by atoms with E-state index >= 15 is 0 Å². The molecule has 0 radical (unpaired) electrons. The highest BCUT2D eigenvalue weighted by atomic mass is 16.5. The number of pyridine rings is 1. The molecule has 0 N–H and O–H groups in total. The van der Waals surface area contributed by atoms with Gasteiger partial charge in [-0.25, -0.2) is 4.98 Å². The van der Waals surface area contributed by atoms with Crippen LogP contribution >= 0.6 is 0 Å². The van der Waals surface area contributed by atoms with Crippen molar-refractivity contribution in [3.05, 3.63) is 59.8 Å². The van der Waals surface area contributed by atoms with Gasteiger partial charge in [-0.15, -0.1) is 6.42 Å². The topological polar surface area (TPSA) is 22.1 Å². The summed E-state index contributed by atoms with van der Waals surface area (Å²) in [6.45, 7) is 0.479. The molecule has 0 atom stereocenters. The first-order valence-corrected chi connectivity index (χ1v) is 4.98. The smallest absolute Gasteiger partial charge is 0.229 e. The third kappa shape index (κ3) is 2.40. The van der Waals surface area contributed by atoms with E-state index in [0.717, 1.165) is 5.56 Å². The van der Waals surface area contributed by atoms with E-state index in [2.05, 4.69) is 10.9 Å². The van der Waals surface area contributed by atoms with Gasteiger partial charge in [0.15, 0.2) is 0 Å². The van der Waals surface area contributed by atoms with Gasteiger partial charge in [0.25, 0.3) is 0 Å². The van der Waals surface area contributed by atoms with Crippen molar-refractivity contribution in [2.45, 2.75) is 6.61 Å². The van der Waals surface area contributed by atoms with Gasteiger partial charge in [0.1, 0.15) is 6.61 Å². The van der Waals surface area contributed by atoms with Crippen LogP contribution in [0.15, 0.2) is 48.7 Å².